The van der Waals surface area contributed by atoms with Crippen LogP contribution < -0.4 is 4.74 Å². The van der Waals surface area contributed by atoms with E-state index < -0.39 is 0 Å². The summed E-state index contributed by atoms with van der Waals surface area (Å²) in [5, 5.41) is 5.48. The van der Waals surface area contributed by atoms with E-state index in [-0.39, 0.29) is 5.91 Å². The highest BCUT2D eigenvalue weighted by Gasteiger charge is 2.26. The Balaban J connectivity index is 1.38. The number of amides is 1. The van der Waals surface area contributed by atoms with Crippen LogP contribution in [0.1, 0.15) is 21.6 Å². The number of halogens is 1. The average molecular weight is 477 g/mol. The molecule has 0 spiro atoms. The Bertz CT molecular complexity index is 1330. The maximum Gasteiger partial charge on any atom is 0.259 e. The number of aromatic nitrogens is 2. The second-order valence-electron chi connectivity index (χ2n) is 8.43. The van der Waals surface area contributed by atoms with Gasteiger partial charge in [0, 0.05) is 43.3 Å². The van der Waals surface area contributed by atoms with Gasteiger partial charge in [-0.3, -0.25) is 9.69 Å². The molecule has 174 valence electrons. The third-order valence-corrected chi connectivity index (χ3v) is 6.42. The van der Waals surface area contributed by atoms with Crippen LogP contribution in [0.25, 0.3) is 22.4 Å². The van der Waals surface area contributed by atoms with E-state index in [0.717, 1.165) is 36.0 Å². The Labute approximate surface area is 202 Å². The molecule has 34 heavy (non-hydrogen) atoms. The zero-order valence-electron chi connectivity index (χ0n) is 19.1. The minimum Gasteiger partial charge on any atom is -0.497 e. The van der Waals surface area contributed by atoms with Crippen LogP contribution >= 0.6 is 11.6 Å². The summed E-state index contributed by atoms with van der Waals surface area (Å²) in [5.74, 6) is 0.725. The van der Waals surface area contributed by atoms with Crippen LogP contribution in [-0.2, 0) is 6.54 Å². The lowest BCUT2D eigenvalue weighted by atomic mass is 10.0. The molecule has 2 aromatic carbocycles. The lowest BCUT2D eigenvalue weighted by Gasteiger charge is -2.35. The summed E-state index contributed by atoms with van der Waals surface area (Å²) in [6, 6.07) is 17.3. The van der Waals surface area contributed by atoms with Crippen molar-refractivity contribution in [2.75, 3.05) is 33.3 Å². The monoisotopic (exact) mass is 476 g/mol. The van der Waals surface area contributed by atoms with Gasteiger partial charge in [-0.05, 0) is 55.0 Å². The molecule has 0 aliphatic carbocycles. The normalized spacial score (nSPS) is 14.5. The first-order valence-electron chi connectivity index (χ1n) is 11.2. The van der Waals surface area contributed by atoms with Gasteiger partial charge in [-0.15, -0.1) is 0 Å². The van der Waals surface area contributed by atoms with Gasteiger partial charge >= 0.3 is 0 Å². The lowest BCUT2D eigenvalue weighted by molar-refractivity contribution is 0.0630. The fraction of sp³-hybridized carbons (Fsp3) is 0.269. The van der Waals surface area contributed by atoms with Gasteiger partial charge in [0.15, 0.2) is 0 Å². The highest BCUT2D eigenvalue weighted by atomic mass is 35.5. The number of fused-ring (bicyclic) bond motifs is 1. The van der Waals surface area contributed by atoms with E-state index in [2.05, 4.69) is 21.1 Å². The molecule has 0 bridgehead atoms. The van der Waals surface area contributed by atoms with Crippen LogP contribution in [0.2, 0.25) is 5.02 Å². The molecular weight excluding hydrogens is 452 g/mol. The summed E-state index contributed by atoms with van der Waals surface area (Å²) < 4.78 is 10.7. The molecule has 2 aromatic heterocycles. The number of hydrogen-bond donors (Lipinski definition) is 0. The lowest BCUT2D eigenvalue weighted by Crippen LogP contribution is -2.48. The van der Waals surface area contributed by atoms with E-state index in [1.165, 1.54) is 5.56 Å². The Kier molecular flexibility index (Phi) is 6.22. The maximum atomic E-state index is 13.6. The van der Waals surface area contributed by atoms with Gasteiger partial charge in [0.05, 0.1) is 29.4 Å². The van der Waals surface area contributed by atoms with Gasteiger partial charge in [-0.1, -0.05) is 28.9 Å². The molecule has 3 heterocycles. The minimum atomic E-state index is -0.0316. The number of carbonyl (C=O) groups excluding carboxylic acids is 1. The molecule has 5 rings (SSSR count). The molecule has 8 heteroatoms. The molecule has 1 aliphatic heterocycles. The molecule has 0 radical (unpaired) electrons. The van der Waals surface area contributed by atoms with E-state index in [9.17, 15) is 4.79 Å². The summed E-state index contributed by atoms with van der Waals surface area (Å²) in [6.45, 7) is 5.52. The number of carbonyl (C=O) groups is 1. The average Bonchev–Trinajstić information content (AvgIpc) is 3.24. The van der Waals surface area contributed by atoms with E-state index in [1.807, 2.05) is 60.4 Å². The number of hydrogen-bond acceptors (Lipinski definition) is 6. The third-order valence-electron chi connectivity index (χ3n) is 6.19. The summed E-state index contributed by atoms with van der Waals surface area (Å²) in [4.78, 5) is 22.5. The number of ether oxygens (including phenoxy) is 1. The Morgan fingerprint density at radius 3 is 2.56 bits per heavy atom. The van der Waals surface area contributed by atoms with Crippen LogP contribution in [0.3, 0.4) is 0 Å². The first-order chi connectivity index (χ1) is 16.5. The largest absolute Gasteiger partial charge is 0.497 e. The zero-order chi connectivity index (χ0) is 23.7. The molecule has 1 fully saturated rings. The van der Waals surface area contributed by atoms with Crippen molar-refractivity contribution in [3.05, 3.63) is 76.4 Å². The molecule has 1 saturated heterocycles. The quantitative estimate of drug-likeness (QED) is 0.411. The summed E-state index contributed by atoms with van der Waals surface area (Å²) in [6.07, 6.45) is 0. The number of piperazine rings is 1. The highest BCUT2D eigenvalue weighted by molar-refractivity contribution is 6.30. The summed E-state index contributed by atoms with van der Waals surface area (Å²) in [5.41, 5.74) is 4.30. The van der Waals surface area contributed by atoms with Gasteiger partial charge in [-0.25, -0.2) is 4.98 Å². The minimum absolute atomic E-state index is 0.0316. The van der Waals surface area contributed by atoms with Gasteiger partial charge in [-0.2, -0.15) is 0 Å². The Hall–Kier alpha value is -3.42. The molecule has 0 N–H and O–H groups in total. The van der Waals surface area contributed by atoms with Crippen molar-refractivity contribution < 1.29 is 14.1 Å². The van der Waals surface area contributed by atoms with Crippen molar-refractivity contribution in [1.82, 2.24) is 19.9 Å². The van der Waals surface area contributed by atoms with E-state index >= 15 is 0 Å². The number of nitrogens with zero attached hydrogens (tertiary/aromatic N) is 4. The predicted octanol–water partition coefficient (Wildman–Crippen LogP) is 4.82. The molecule has 7 nitrogen and oxygen atoms in total. The topological polar surface area (TPSA) is 71.7 Å². The van der Waals surface area contributed by atoms with Gasteiger partial charge in [0.25, 0.3) is 11.6 Å². The van der Waals surface area contributed by atoms with Crippen molar-refractivity contribution in [3.8, 4) is 17.0 Å². The number of methoxy groups -OCH3 is 1. The highest BCUT2D eigenvalue weighted by Crippen LogP contribution is 2.29. The SMILES string of the molecule is COc1ccc(-c2cc(C(=O)N3CCN(Cc4cccc(Cl)c4)CC3)c3c(C)noc3n2)cc1. The fourth-order valence-electron chi connectivity index (χ4n) is 4.35. The van der Waals surface area contributed by atoms with E-state index in [0.29, 0.717) is 41.1 Å². The Morgan fingerprint density at radius 2 is 1.85 bits per heavy atom. The van der Waals surface area contributed by atoms with Crippen molar-refractivity contribution >= 4 is 28.6 Å². The summed E-state index contributed by atoms with van der Waals surface area (Å²) >= 11 is 6.12. The zero-order valence-corrected chi connectivity index (χ0v) is 19.9. The molecule has 4 aromatic rings. The molecule has 0 unspecified atom stereocenters. The number of pyridine rings is 1. The molecular formula is C26H25ClN4O3. The number of aryl methyl sites for hydroxylation is 1. The van der Waals surface area contributed by atoms with Crippen molar-refractivity contribution in [1.29, 1.82) is 0 Å². The predicted molar refractivity (Wildman–Crippen MR) is 131 cm³/mol. The first kappa shape index (κ1) is 22.4. The second-order valence-corrected chi connectivity index (χ2v) is 8.87. The van der Waals surface area contributed by atoms with Crippen molar-refractivity contribution in [3.63, 3.8) is 0 Å². The van der Waals surface area contributed by atoms with Crippen LogP contribution in [0.4, 0.5) is 0 Å². The summed E-state index contributed by atoms with van der Waals surface area (Å²) in [7, 11) is 1.63. The molecule has 0 saturated carbocycles. The molecule has 0 atom stereocenters. The number of rotatable bonds is 5. The standard InChI is InChI=1S/C26H25ClN4O3/c1-17-24-22(15-23(28-25(24)34-29-17)19-6-8-21(33-2)9-7-19)26(32)31-12-10-30(11-13-31)16-18-4-3-5-20(27)14-18/h3-9,14-15H,10-13,16H2,1-2H3. The van der Waals surface area contributed by atoms with E-state index in [1.54, 1.807) is 7.11 Å². The van der Waals surface area contributed by atoms with Crippen LogP contribution in [0.5, 0.6) is 5.75 Å². The third kappa shape index (κ3) is 4.49. The van der Waals surface area contributed by atoms with Gasteiger partial charge < -0.3 is 14.2 Å². The van der Waals surface area contributed by atoms with E-state index in [4.69, 9.17) is 20.9 Å². The van der Waals surface area contributed by atoms with Crippen LogP contribution in [-0.4, -0.2) is 59.1 Å². The molecule has 1 amide bonds. The Morgan fingerprint density at radius 1 is 1.09 bits per heavy atom. The van der Waals surface area contributed by atoms with Crippen LogP contribution in [0.15, 0.2) is 59.1 Å². The van der Waals surface area contributed by atoms with Crippen LogP contribution in [0, 0.1) is 6.92 Å². The maximum absolute atomic E-state index is 13.6. The number of benzene rings is 2. The smallest absolute Gasteiger partial charge is 0.259 e. The van der Waals surface area contributed by atoms with Crippen molar-refractivity contribution in [2.24, 2.45) is 0 Å². The second kappa shape index (κ2) is 9.44. The van der Waals surface area contributed by atoms with Gasteiger partial charge in [0.1, 0.15) is 5.75 Å². The fourth-order valence-corrected chi connectivity index (χ4v) is 4.56. The molecule has 1 aliphatic rings. The van der Waals surface area contributed by atoms with Gasteiger partial charge in [0.2, 0.25) is 0 Å². The van der Waals surface area contributed by atoms with Crippen molar-refractivity contribution in [2.45, 2.75) is 13.5 Å². The first-order valence-corrected chi connectivity index (χ1v) is 11.6.